The molecule has 1 saturated heterocycles. The van der Waals surface area contributed by atoms with Gasteiger partial charge in [0.05, 0.1) is 11.6 Å². The molecule has 1 aliphatic heterocycles. The summed E-state index contributed by atoms with van der Waals surface area (Å²) in [5.74, 6) is -0.314. The van der Waals surface area contributed by atoms with Crippen molar-refractivity contribution in [3.05, 3.63) is 24.3 Å². The molecule has 0 spiro atoms. The summed E-state index contributed by atoms with van der Waals surface area (Å²) in [7, 11) is -3.84. The second kappa shape index (κ2) is 5.68. The van der Waals surface area contributed by atoms with Gasteiger partial charge in [0.15, 0.2) is 0 Å². The van der Waals surface area contributed by atoms with E-state index >= 15 is 0 Å². The fraction of sp³-hybridized carbons (Fsp3) is 0.417. The van der Waals surface area contributed by atoms with Crippen molar-refractivity contribution in [1.29, 1.82) is 0 Å². The minimum Gasteiger partial charge on any atom is -0.325 e. The van der Waals surface area contributed by atoms with Gasteiger partial charge in [0.2, 0.25) is 15.9 Å². The zero-order chi connectivity index (χ0) is 13.9. The first-order valence-corrected chi connectivity index (χ1v) is 7.66. The van der Waals surface area contributed by atoms with E-state index in [-0.39, 0.29) is 22.4 Å². The third-order valence-electron chi connectivity index (χ3n) is 3.12. The van der Waals surface area contributed by atoms with Crippen LogP contribution in [0.5, 0.6) is 0 Å². The lowest BCUT2D eigenvalue weighted by Gasteiger charge is -2.22. The van der Waals surface area contributed by atoms with Gasteiger partial charge >= 0.3 is 0 Å². The molecule has 1 aromatic carbocycles. The van der Waals surface area contributed by atoms with Crippen LogP contribution in [0.1, 0.15) is 12.8 Å². The highest BCUT2D eigenvalue weighted by atomic mass is 32.2. The number of amides is 1. The molecular formula is C12H17N3O3S. The normalized spacial score (nSPS) is 19.9. The minimum absolute atomic E-state index is 0.0629. The predicted molar refractivity (Wildman–Crippen MR) is 72.0 cm³/mol. The second-order valence-corrected chi connectivity index (χ2v) is 6.10. The molecule has 0 bridgehead atoms. The Morgan fingerprint density at radius 3 is 2.74 bits per heavy atom. The molecule has 7 heteroatoms. The van der Waals surface area contributed by atoms with Crippen molar-refractivity contribution in [2.24, 2.45) is 11.1 Å². The standard InChI is InChI=1S/C12H17N3O3S/c13-19(17,18)11-6-2-1-5-10(11)15-12(16)9-4-3-7-14-8-9/h1-2,5-6,9,14H,3-4,7-8H2,(H,15,16)(H2,13,17,18). The maximum Gasteiger partial charge on any atom is 0.240 e. The molecular weight excluding hydrogens is 266 g/mol. The van der Waals surface area contributed by atoms with Crippen molar-refractivity contribution in [3.8, 4) is 0 Å². The molecule has 1 unspecified atom stereocenters. The van der Waals surface area contributed by atoms with Crippen LogP contribution in [0.25, 0.3) is 0 Å². The SMILES string of the molecule is NS(=O)(=O)c1ccccc1NC(=O)C1CCCNC1. The Bertz CT molecular complexity index is 565. The third-order valence-corrected chi connectivity index (χ3v) is 4.09. The van der Waals surface area contributed by atoms with E-state index < -0.39 is 10.0 Å². The number of carbonyl (C=O) groups excluding carboxylic acids is 1. The number of hydrogen-bond acceptors (Lipinski definition) is 4. The maximum atomic E-state index is 12.1. The van der Waals surface area contributed by atoms with Crippen molar-refractivity contribution in [2.75, 3.05) is 18.4 Å². The molecule has 1 amide bonds. The van der Waals surface area contributed by atoms with E-state index in [0.717, 1.165) is 19.4 Å². The number of para-hydroxylation sites is 1. The van der Waals surface area contributed by atoms with Gasteiger partial charge in [0, 0.05) is 6.54 Å². The van der Waals surface area contributed by atoms with Crippen LogP contribution in [0.15, 0.2) is 29.2 Å². The van der Waals surface area contributed by atoms with Gasteiger partial charge < -0.3 is 10.6 Å². The van der Waals surface area contributed by atoms with E-state index in [1.165, 1.54) is 12.1 Å². The van der Waals surface area contributed by atoms with Gasteiger partial charge in [-0.3, -0.25) is 4.79 Å². The summed E-state index contributed by atoms with van der Waals surface area (Å²) in [4.78, 5) is 12.0. The highest BCUT2D eigenvalue weighted by molar-refractivity contribution is 7.89. The van der Waals surface area contributed by atoms with E-state index in [9.17, 15) is 13.2 Å². The Hall–Kier alpha value is -1.44. The van der Waals surface area contributed by atoms with Gasteiger partial charge in [0.1, 0.15) is 4.90 Å². The van der Waals surface area contributed by atoms with Crippen LogP contribution < -0.4 is 15.8 Å². The summed E-state index contributed by atoms with van der Waals surface area (Å²) >= 11 is 0. The van der Waals surface area contributed by atoms with Crippen molar-refractivity contribution in [3.63, 3.8) is 0 Å². The number of anilines is 1. The van der Waals surface area contributed by atoms with E-state index in [1.54, 1.807) is 12.1 Å². The van der Waals surface area contributed by atoms with Crippen LogP contribution in [0.4, 0.5) is 5.69 Å². The first-order chi connectivity index (χ1) is 8.98. The highest BCUT2D eigenvalue weighted by Gasteiger charge is 2.22. The molecule has 1 atom stereocenters. The summed E-state index contributed by atoms with van der Waals surface area (Å²) in [5, 5.41) is 10.9. The third kappa shape index (κ3) is 3.52. The number of nitrogens with two attached hydrogens (primary N) is 1. The molecule has 6 nitrogen and oxygen atoms in total. The predicted octanol–water partition coefficient (Wildman–Crippen LogP) is 0.272. The Balaban J connectivity index is 2.17. The van der Waals surface area contributed by atoms with E-state index in [4.69, 9.17) is 5.14 Å². The van der Waals surface area contributed by atoms with Gasteiger partial charge in [-0.1, -0.05) is 12.1 Å². The number of sulfonamides is 1. The number of piperidine rings is 1. The molecule has 19 heavy (non-hydrogen) atoms. The molecule has 1 heterocycles. The number of rotatable bonds is 3. The van der Waals surface area contributed by atoms with Crippen molar-refractivity contribution < 1.29 is 13.2 Å². The van der Waals surface area contributed by atoms with Crippen molar-refractivity contribution in [1.82, 2.24) is 5.32 Å². The summed E-state index contributed by atoms with van der Waals surface area (Å²) in [6, 6.07) is 6.14. The molecule has 104 valence electrons. The van der Waals surface area contributed by atoms with Gasteiger partial charge in [-0.05, 0) is 31.5 Å². The summed E-state index contributed by atoms with van der Waals surface area (Å²) in [5.41, 5.74) is 0.237. The largest absolute Gasteiger partial charge is 0.325 e. The van der Waals surface area contributed by atoms with Gasteiger partial charge in [-0.15, -0.1) is 0 Å². The Morgan fingerprint density at radius 1 is 1.37 bits per heavy atom. The summed E-state index contributed by atoms with van der Waals surface area (Å²) in [6.07, 6.45) is 1.74. The molecule has 1 aromatic rings. The number of carbonyl (C=O) groups is 1. The highest BCUT2D eigenvalue weighted by Crippen LogP contribution is 2.21. The fourth-order valence-corrected chi connectivity index (χ4v) is 2.82. The zero-order valence-corrected chi connectivity index (χ0v) is 11.2. The van der Waals surface area contributed by atoms with Crippen LogP contribution in [-0.2, 0) is 14.8 Å². The average molecular weight is 283 g/mol. The van der Waals surface area contributed by atoms with Crippen LogP contribution in [-0.4, -0.2) is 27.4 Å². The molecule has 1 fully saturated rings. The number of hydrogen-bond donors (Lipinski definition) is 3. The lowest BCUT2D eigenvalue weighted by atomic mass is 9.99. The van der Waals surface area contributed by atoms with Gasteiger partial charge in [0.25, 0.3) is 0 Å². The average Bonchev–Trinajstić information content (AvgIpc) is 2.39. The van der Waals surface area contributed by atoms with Crippen LogP contribution >= 0.6 is 0 Å². The molecule has 1 aliphatic rings. The van der Waals surface area contributed by atoms with Crippen LogP contribution in [0.2, 0.25) is 0 Å². The van der Waals surface area contributed by atoms with Crippen molar-refractivity contribution >= 4 is 21.6 Å². The Labute approximate surface area is 112 Å². The van der Waals surface area contributed by atoms with E-state index in [2.05, 4.69) is 10.6 Å². The lowest BCUT2D eigenvalue weighted by molar-refractivity contribution is -0.120. The zero-order valence-electron chi connectivity index (χ0n) is 10.4. The van der Waals surface area contributed by atoms with Gasteiger partial charge in [-0.2, -0.15) is 0 Å². The molecule has 0 saturated carbocycles. The number of benzene rings is 1. The van der Waals surface area contributed by atoms with Crippen LogP contribution in [0.3, 0.4) is 0 Å². The van der Waals surface area contributed by atoms with Crippen molar-refractivity contribution in [2.45, 2.75) is 17.7 Å². The molecule has 2 rings (SSSR count). The Morgan fingerprint density at radius 2 is 2.11 bits per heavy atom. The minimum atomic E-state index is -3.84. The molecule has 0 aliphatic carbocycles. The molecule has 0 radical (unpaired) electrons. The second-order valence-electron chi connectivity index (χ2n) is 4.57. The first-order valence-electron chi connectivity index (χ1n) is 6.12. The molecule has 4 N–H and O–H groups in total. The fourth-order valence-electron chi connectivity index (χ4n) is 2.13. The summed E-state index contributed by atoms with van der Waals surface area (Å²) < 4.78 is 22.9. The number of primary sulfonamides is 1. The quantitative estimate of drug-likeness (QED) is 0.741. The Kier molecular flexibility index (Phi) is 4.18. The van der Waals surface area contributed by atoms with E-state index in [1.807, 2.05) is 0 Å². The smallest absolute Gasteiger partial charge is 0.240 e. The monoisotopic (exact) mass is 283 g/mol. The maximum absolute atomic E-state index is 12.1. The molecule has 0 aromatic heterocycles. The lowest BCUT2D eigenvalue weighted by Crippen LogP contribution is -2.37. The van der Waals surface area contributed by atoms with Gasteiger partial charge in [-0.25, -0.2) is 13.6 Å². The summed E-state index contributed by atoms with van der Waals surface area (Å²) in [6.45, 7) is 1.53. The number of nitrogens with one attached hydrogen (secondary N) is 2. The first kappa shape index (κ1) is 14.0. The topological polar surface area (TPSA) is 101 Å². The van der Waals surface area contributed by atoms with E-state index in [0.29, 0.717) is 6.54 Å². The van der Waals surface area contributed by atoms with Crippen LogP contribution in [0, 0.1) is 5.92 Å².